The maximum atomic E-state index is 12.3. The molecule has 0 fully saturated rings. The number of ether oxygens (including phenoxy) is 1. The predicted octanol–water partition coefficient (Wildman–Crippen LogP) is 1.08. The molecule has 0 rings (SSSR count). The van der Waals surface area contributed by atoms with Gasteiger partial charge in [-0.2, -0.15) is 0 Å². The van der Waals surface area contributed by atoms with Crippen LogP contribution in [0.3, 0.4) is 0 Å². The second kappa shape index (κ2) is 7.92. The molecule has 0 aromatic heterocycles. The SMILES string of the molecule is CCC(COC)NC(=O)C(CC)(CC)C(N)=NO. The first kappa shape index (κ1) is 16.7. The molecule has 6 heteroatoms. The van der Waals surface area contributed by atoms with Gasteiger partial charge in [0, 0.05) is 7.11 Å². The summed E-state index contributed by atoms with van der Waals surface area (Å²) < 4.78 is 5.04. The Bertz CT molecular complexity index is 288. The van der Waals surface area contributed by atoms with E-state index >= 15 is 0 Å². The fraction of sp³-hybridized carbons (Fsp3) is 0.833. The fourth-order valence-corrected chi connectivity index (χ4v) is 1.93. The lowest BCUT2D eigenvalue weighted by molar-refractivity contribution is -0.129. The second-order valence-corrected chi connectivity index (χ2v) is 4.31. The van der Waals surface area contributed by atoms with E-state index in [1.54, 1.807) is 7.11 Å². The van der Waals surface area contributed by atoms with E-state index in [9.17, 15) is 4.79 Å². The van der Waals surface area contributed by atoms with Crippen molar-refractivity contribution in [3.63, 3.8) is 0 Å². The van der Waals surface area contributed by atoms with Gasteiger partial charge in [-0.25, -0.2) is 0 Å². The Hall–Kier alpha value is -1.30. The van der Waals surface area contributed by atoms with Crippen molar-refractivity contribution in [3.8, 4) is 0 Å². The van der Waals surface area contributed by atoms with Gasteiger partial charge in [0.25, 0.3) is 0 Å². The first-order chi connectivity index (χ1) is 8.52. The van der Waals surface area contributed by atoms with E-state index < -0.39 is 5.41 Å². The molecular weight excluding hydrogens is 234 g/mol. The first-order valence-electron chi connectivity index (χ1n) is 6.30. The number of methoxy groups -OCH3 is 1. The van der Waals surface area contributed by atoms with Crippen molar-refractivity contribution in [3.05, 3.63) is 0 Å². The lowest BCUT2D eigenvalue weighted by atomic mass is 9.80. The zero-order valence-electron chi connectivity index (χ0n) is 11.7. The summed E-state index contributed by atoms with van der Waals surface area (Å²) in [6, 6.07) is -0.0635. The number of nitrogens with zero attached hydrogens (tertiary/aromatic N) is 1. The van der Waals surface area contributed by atoms with Crippen LogP contribution in [0.15, 0.2) is 5.16 Å². The molecule has 0 saturated carbocycles. The Labute approximate surface area is 109 Å². The van der Waals surface area contributed by atoms with Crippen LogP contribution in [0.5, 0.6) is 0 Å². The number of rotatable bonds is 8. The average Bonchev–Trinajstić information content (AvgIpc) is 2.39. The summed E-state index contributed by atoms with van der Waals surface area (Å²) in [5.41, 5.74) is 4.72. The zero-order chi connectivity index (χ0) is 14.2. The summed E-state index contributed by atoms with van der Waals surface area (Å²) in [7, 11) is 1.59. The van der Waals surface area contributed by atoms with Crippen molar-refractivity contribution in [2.45, 2.75) is 46.1 Å². The normalized spacial score (nSPS) is 14.3. The number of amidine groups is 1. The van der Waals surface area contributed by atoms with Crippen molar-refractivity contribution in [2.75, 3.05) is 13.7 Å². The largest absolute Gasteiger partial charge is 0.409 e. The van der Waals surface area contributed by atoms with E-state index in [-0.39, 0.29) is 17.8 Å². The maximum Gasteiger partial charge on any atom is 0.234 e. The van der Waals surface area contributed by atoms with Gasteiger partial charge in [-0.3, -0.25) is 4.79 Å². The van der Waals surface area contributed by atoms with Crippen molar-refractivity contribution in [1.29, 1.82) is 0 Å². The van der Waals surface area contributed by atoms with E-state index in [0.717, 1.165) is 6.42 Å². The van der Waals surface area contributed by atoms with Gasteiger partial charge in [0.1, 0.15) is 5.41 Å². The van der Waals surface area contributed by atoms with Crippen LogP contribution in [0.25, 0.3) is 0 Å². The van der Waals surface area contributed by atoms with E-state index in [4.69, 9.17) is 15.7 Å². The zero-order valence-corrected chi connectivity index (χ0v) is 11.7. The number of amides is 1. The third-order valence-corrected chi connectivity index (χ3v) is 3.44. The Morgan fingerprint density at radius 1 is 1.44 bits per heavy atom. The smallest absolute Gasteiger partial charge is 0.234 e. The molecule has 18 heavy (non-hydrogen) atoms. The molecule has 0 aromatic carbocycles. The molecule has 6 nitrogen and oxygen atoms in total. The minimum absolute atomic E-state index is 0.0442. The molecule has 106 valence electrons. The number of hydrogen-bond donors (Lipinski definition) is 3. The summed E-state index contributed by atoms with van der Waals surface area (Å²) in [4.78, 5) is 12.3. The molecule has 0 aliphatic carbocycles. The summed E-state index contributed by atoms with van der Waals surface area (Å²) >= 11 is 0. The van der Waals surface area contributed by atoms with Crippen LogP contribution < -0.4 is 11.1 Å². The number of hydrogen-bond acceptors (Lipinski definition) is 4. The highest BCUT2D eigenvalue weighted by Crippen LogP contribution is 2.27. The van der Waals surface area contributed by atoms with Crippen LogP contribution in [0, 0.1) is 5.41 Å². The fourth-order valence-electron chi connectivity index (χ4n) is 1.93. The first-order valence-corrected chi connectivity index (χ1v) is 6.30. The molecular formula is C12H25N3O3. The summed E-state index contributed by atoms with van der Waals surface area (Å²) in [6.45, 7) is 6.10. The maximum absolute atomic E-state index is 12.3. The number of nitrogens with two attached hydrogens (primary N) is 1. The Balaban J connectivity index is 4.98. The number of carbonyl (C=O) groups is 1. The van der Waals surface area contributed by atoms with Crippen molar-refractivity contribution in [2.24, 2.45) is 16.3 Å². The van der Waals surface area contributed by atoms with Crippen LogP contribution >= 0.6 is 0 Å². The van der Waals surface area contributed by atoms with Gasteiger partial charge in [0.15, 0.2) is 5.84 Å². The third-order valence-electron chi connectivity index (χ3n) is 3.44. The van der Waals surface area contributed by atoms with Crippen LogP contribution in [0.1, 0.15) is 40.0 Å². The minimum atomic E-state index is -0.949. The summed E-state index contributed by atoms with van der Waals surface area (Å²) in [5.74, 6) is -0.260. The standard InChI is InChI=1S/C12H25N3O3/c1-5-9(8-18-4)14-11(16)12(6-2,7-3)10(13)15-17/h9,17H,5-8H2,1-4H3,(H2,13,15)(H,14,16). The Kier molecular flexibility index (Phi) is 7.35. The van der Waals surface area contributed by atoms with Gasteiger partial charge in [0.05, 0.1) is 12.6 Å². The highest BCUT2D eigenvalue weighted by atomic mass is 16.5. The minimum Gasteiger partial charge on any atom is -0.409 e. The number of nitrogens with one attached hydrogen (secondary N) is 1. The molecule has 0 aliphatic heterocycles. The molecule has 1 atom stereocenters. The Morgan fingerprint density at radius 3 is 2.33 bits per heavy atom. The number of oxime groups is 1. The quantitative estimate of drug-likeness (QED) is 0.263. The molecule has 0 aromatic rings. The van der Waals surface area contributed by atoms with E-state index in [2.05, 4.69) is 10.5 Å². The van der Waals surface area contributed by atoms with Crippen LogP contribution in [0.2, 0.25) is 0 Å². The van der Waals surface area contributed by atoms with Gasteiger partial charge < -0.3 is 21.0 Å². The second-order valence-electron chi connectivity index (χ2n) is 4.31. The van der Waals surface area contributed by atoms with E-state index in [0.29, 0.717) is 19.4 Å². The topological polar surface area (TPSA) is 96.9 Å². The lowest BCUT2D eigenvalue weighted by Crippen LogP contribution is -2.52. The third kappa shape index (κ3) is 3.60. The van der Waals surface area contributed by atoms with Gasteiger partial charge >= 0.3 is 0 Å². The van der Waals surface area contributed by atoms with Crippen LogP contribution in [-0.2, 0) is 9.53 Å². The average molecular weight is 259 g/mol. The van der Waals surface area contributed by atoms with E-state index in [1.807, 2.05) is 20.8 Å². The van der Waals surface area contributed by atoms with Gasteiger partial charge in [-0.15, -0.1) is 0 Å². The van der Waals surface area contributed by atoms with Crippen LogP contribution in [-0.4, -0.2) is 36.7 Å². The summed E-state index contributed by atoms with van der Waals surface area (Å²) in [5, 5.41) is 14.7. The molecule has 0 radical (unpaired) electrons. The highest BCUT2D eigenvalue weighted by molar-refractivity contribution is 6.06. The Morgan fingerprint density at radius 2 is 2.00 bits per heavy atom. The van der Waals surface area contributed by atoms with Crippen molar-refractivity contribution < 1.29 is 14.7 Å². The lowest BCUT2D eigenvalue weighted by Gasteiger charge is -2.30. The molecule has 0 spiro atoms. The monoisotopic (exact) mass is 259 g/mol. The van der Waals surface area contributed by atoms with Gasteiger partial charge in [-0.05, 0) is 19.3 Å². The molecule has 0 saturated heterocycles. The highest BCUT2D eigenvalue weighted by Gasteiger charge is 2.40. The molecule has 4 N–H and O–H groups in total. The molecule has 1 unspecified atom stereocenters. The van der Waals surface area contributed by atoms with Crippen molar-refractivity contribution in [1.82, 2.24) is 5.32 Å². The molecule has 0 aliphatic rings. The molecule has 0 heterocycles. The van der Waals surface area contributed by atoms with E-state index in [1.165, 1.54) is 0 Å². The molecule has 1 amide bonds. The molecule has 0 bridgehead atoms. The van der Waals surface area contributed by atoms with Gasteiger partial charge in [0.2, 0.25) is 5.91 Å². The van der Waals surface area contributed by atoms with Gasteiger partial charge in [-0.1, -0.05) is 25.9 Å². The van der Waals surface area contributed by atoms with Crippen LogP contribution in [0.4, 0.5) is 0 Å². The predicted molar refractivity (Wildman–Crippen MR) is 70.5 cm³/mol. The summed E-state index contributed by atoms with van der Waals surface area (Å²) in [6.07, 6.45) is 1.72. The number of carbonyl (C=O) groups excluding carboxylic acids is 1. The van der Waals surface area contributed by atoms with Crippen molar-refractivity contribution >= 4 is 11.7 Å².